The van der Waals surface area contributed by atoms with Crippen LogP contribution in [0, 0.1) is 0 Å². The lowest BCUT2D eigenvalue weighted by Crippen LogP contribution is -2.45. The predicted molar refractivity (Wildman–Crippen MR) is 74.1 cm³/mol. The molecule has 0 aliphatic carbocycles. The van der Waals surface area contributed by atoms with Crippen molar-refractivity contribution in [3.05, 3.63) is 28.8 Å². The van der Waals surface area contributed by atoms with Gasteiger partial charge < -0.3 is 21.1 Å². The van der Waals surface area contributed by atoms with Gasteiger partial charge >= 0.3 is 12.0 Å². The smallest absolute Gasteiger partial charge is 0.335 e. The number of nitrogens with one attached hydrogen (secondary N) is 3. The number of anilines is 1. The predicted octanol–water partition coefficient (Wildman–Crippen LogP) is 1.29. The monoisotopic (exact) mass is 299 g/mol. The van der Waals surface area contributed by atoms with Gasteiger partial charge in [-0.25, -0.2) is 9.59 Å². The van der Waals surface area contributed by atoms with Crippen LogP contribution in [0.25, 0.3) is 0 Å². The lowest BCUT2D eigenvalue weighted by atomic mass is 10.2. The Morgan fingerprint density at radius 1 is 1.25 bits per heavy atom. The number of urea groups is 1. The second-order valence-corrected chi connectivity index (χ2v) is 4.40. The van der Waals surface area contributed by atoms with Crippen molar-refractivity contribution in [1.82, 2.24) is 10.6 Å². The zero-order chi connectivity index (χ0) is 15.3. The topological polar surface area (TPSA) is 108 Å². The molecule has 0 radical (unpaired) electrons. The maximum absolute atomic E-state index is 11.6. The molecule has 0 fully saturated rings. The third kappa shape index (κ3) is 4.43. The van der Waals surface area contributed by atoms with E-state index >= 15 is 0 Å². The van der Waals surface area contributed by atoms with Crippen LogP contribution in [0.5, 0.6) is 0 Å². The molecule has 0 aliphatic heterocycles. The van der Waals surface area contributed by atoms with Crippen LogP contribution in [0.2, 0.25) is 5.02 Å². The van der Waals surface area contributed by atoms with Crippen LogP contribution in [0.3, 0.4) is 0 Å². The number of carbonyl (C=O) groups excluding carboxylic acids is 2. The molecule has 4 N–H and O–H groups in total. The number of rotatable bonds is 4. The van der Waals surface area contributed by atoms with Crippen molar-refractivity contribution in [2.75, 3.05) is 12.4 Å². The van der Waals surface area contributed by atoms with Crippen LogP contribution < -0.4 is 16.0 Å². The summed E-state index contributed by atoms with van der Waals surface area (Å²) in [7, 11) is 1.45. The summed E-state index contributed by atoms with van der Waals surface area (Å²) in [6.45, 7) is 1.51. The van der Waals surface area contributed by atoms with Crippen molar-refractivity contribution in [2.24, 2.45) is 0 Å². The zero-order valence-electron chi connectivity index (χ0n) is 10.9. The number of halogens is 1. The zero-order valence-corrected chi connectivity index (χ0v) is 11.6. The molecule has 8 heteroatoms. The van der Waals surface area contributed by atoms with Crippen molar-refractivity contribution < 1.29 is 19.5 Å². The van der Waals surface area contributed by atoms with Crippen molar-refractivity contribution in [3.8, 4) is 0 Å². The molecule has 1 aromatic rings. The Morgan fingerprint density at radius 3 is 2.45 bits per heavy atom. The Bertz CT molecular complexity index is 548. The molecule has 0 aromatic heterocycles. The molecule has 108 valence electrons. The Hall–Kier alpha value is -2.28. The number of benzene rings is 1. The molecular weight excluding hydrogens is 286 g/mol. The number of hydrogen-bond donors (Lipinski definition) is 4. The average Bonchev–Trinajstić information content (AvgIpc) is 2.36. The largest absolute Gasteiger partial charge is 0.478 e. The highest BCUT2D eigenvalue weighted by atomic mass is 35.5. The lowest BCUT2D eigenvalue weighted by Gasteiger charge is -2.13. The minimum Gasteiger partial charge on any atom is -0.478 e. The number of aromatic carboxylic acids is 1. The van der Waals surface area contributed by atoms with Crippen molar-refractivity contribution in [1.29, 1.82) is 0 Å². The molecule has 1 aromatic carbocycles. The van der Waals surface area contributed by atoms with Crippen LogP contribution in [0.1, 0.15) is 17.3 Å². The van der Waals surface area contributed by atoms with Gasteiger partial charge in [0.2, 0.25) is 5.91 Å². The Balaban J connectivity index is 2.76. The van der Waals surface area contributed by atoms with E-state index in [0.717, 1.165) is 0 Å². The van der Waals surface area contributed by atoms with Gasteiger partial charge in [0.05, 0.1) is 5.56 Å². The minimum atomic E-state index is -1.16. The normalized spacial score (nSPS) is 11.3. The summed E-state index contributed by atoms with van der Waals surface area (Å²) in [5, 5.41) is 16.2. The van der Waals surface area contributed by atoms with Crippen molar-refractivity contribution >= 4 is 35.2 Å². The Kier molecular flexibility index (Phi) is 5.33. The summed E-state index contributed by atoms with van der Waals surface area (Å²) in [4.78, 5) is 33.7. The van der Waals surface area contributed by atoms with Crippen LogP contribution in [-0.4, -0.2) is 36.1 Å². The molecule has 7 nitrogen and oxygen atoms in total. The molecule has 0 spiro atoms. The third-order valence-electron chi connectivity index (χ3n) is 2.39. The Labute approximate surface area is 120 Å². The molecule has 0 heterocycles. The van der Waals surface area contributed by atoms with Gasteiger partial charge in [0.1, 0.15) is 6.04 Å². The summed E-state index contributed by atoms with van der Waals surface area (Å²) in [5.74, 6) is -1.51. The SMILES string of the molecule is CNC(=O)C(C)NC(=O)Nc1cc(Cl)cc(C(=O)O)c1. The van der Waals surface area contributed by atoms with Crippen LogP contribution in [-0.2, 0) is 4.79 Å². The van der Waals surface area contributed by atoms with Gasteiger partial charge in [-0.15, -0.1) is 0 Å². The standard InChI is InChI=1S/C12H14ClN3O4/c1-6(10(17)14-2)15-12(20)16-9-4-7(11(18)19)3-8(13)5-9/h3-6H,1-2H3,(H,14,17)(H,18,19)(H2,15,16,20). The highest BCUT2D eigenvalue weighted by Gasteiger charge is 2.14. The first-order valence-corrected chi connectivity index (χ1v) is 6.04. The first-order chi connectivity index (χ1) is 9.33. The number of likely N-dealkylation sites (N-methyl/N-ethyl adjacent to an activating group) is 1. The van der Waals surface area contributed by atoms with Gasteiger partial charge in [-0.2, -0.15) is 0 Å². The van der Waals surface area contributed by atoms with Gasteiger partial charge in [0, 0.05) is 17.8 Å². The van der Waals surface area contributed by atoms with Gasteiger partial charge in [0.15, 0.2) is 0 Å². The van der Waals surface area contributed by atoms with Gasteiger partial charge in [0.25, 0.3) is 0 Å². The second kappa shape index (κ2) is 6.76. The molecule has 0 bridgehead atoms. The summed E-state index contributed by atoms with van der Waals surface area (Å²) >= 11 is 5.76. The number of amides is 3. The van der Waals surface area contributed by atoms with Crippen molar-refractivity contribution in [2.45, 2.75) is 13.0 Å². The first-order valence-electron chi connectivity index (χ1n) is 5.66. The van der Waals surface area contributed by atoms with E-state index in [4.69, 9.17) is 16.7 Å². The van der Waals surface area contributed by atoms with Crippen LogP contribution in [0.4, 0.5) is 10.5 Å². The van der Waals surface area contributed by atoms with E-state index in [2.05, 4.69) is 16.0 Å². The fraction of sp³-hybridized carbons (Fsp3) is 0.250. The summed E-state index contributed by atoms with van der Waals surface area (Å²) in [5.41, 5.74) is 0.170. The number of carboxylic acids is 1. The summed E-state index contributed by atoms with van der Waals surface area (Å²) in [6.07, 6.45) is 0. The fourth-order valence-electron chi connectivity index (χ4n) is 1.43. The lowest BCUT2D eigenvalue weighted by molar-refractivity contribution is -0.122. The van der Waals surface area contributed by atoms with Gasteiger partial charge in [-0.1, -0.05) is 11.6 Å². The molecule has 0 aliphatic rings. The number of hydrogen-bond acceptors (Lipinski definition) is 3. The number of carboxylic acid groups (broad SMARTS) is 1. The fourth-order valence-corrected chi connectivity index (χ4v) is 1.67. The van der Waals surface area contributed by atoms with E-state index in [9.17, 15) is 14.4 Å². The quantitative estimate of drug-likeness (QED) is 0.672. The van der Waals surface area contributed by atoms with E-state index in [1.165, 1.54) is 32.2 Å². The molecule has 1 unspecified atom stereocenters. The van der Waals surface area contributed by atoms with Crippen LogP contribution in [0.15, 0.2) is 18.2 Å². The van der Waals surface area contributed by atoms with E-state index in [0.29, 0.717) is 0 Å². The van der Waals surface area contributed by atoms with E-state index in [1.807, 2.05) is 0 Å². The third-order valence-corrected chi connectivity index (χ3v) is 2.61. The van der Waals surface area contributed by atoms with Gasteiger partial charge in [-0.05, 0) is 25.1 Å². The van der Waals surface area contributed by atoms with Crippen LogP contribution >= 0.6 is 11.6 Å². The van der Waals surface area contributed by atoms with Crippen molar-refractivity contribution in [3.63, 3.8) is 0 Å². The molecule has 3 amide bonds. The van der Waals surface area contributed by atoms with Gasteiger partial charge in [-0.3, -0.25) is 4.79 Å². The highest BCUT2D eigenvalue weighted by molar-refractivity contribution is 6.31. The van der Waals surface area contributed by atoms with E-state index < -0.39 is 18.0 Å². The highest BCUT2D eigenvalue weighted by Crippen LogP contribution is 2.19. The molecule has 0 saturated carbocycles. The summed E-state index contributed by atoms with van der Waals surface area (Å²) in [6, 6.07) is 2.56. The van der Waals surface area contributed by atoms with E-state index in [-0.39, 0.29) is 22.2 Å². The minimum absolute atomic E-state index is 0.0489. The Morgan fingerprint density at radius 2 is 1.90 bits per heavy atom. The first kappa shape index (κ1) is 15.8. The second-order valence-electron chi connectivity index (χ2n) is 3.97. The van der Waals surface area contributed by atoms with E-state index in [1.54, 1.807) is 0 Å². The molecule has 1 rings (SSSR count). The average molecular weight is 300 g/mol. The molecular formula is C12H14ClN3O4. The maximum atomic E-state index is 11.6. The maximum Gasteiger partial charge on any atom is 0.335 e. The molecule has 20 heavy (non-hydrogen) atoms. The molecule has 0 saturated heterocycles. The molecule has 1 atom stereocenters. The number of carbonyl (C=O) groups is 3. The summed E-state index contributed by atoms with van der Waals surface area (Å²) < 4.78 is 0.